The normalized spacial score (nSPS) is 21.4. The van der Waals surface area contributed by atoms with Gasteiger partial charge in [0.1, 0.15) is 5.82 Å². The van der Waals surface area contributed by atoms with Crippen LogP contribution in [-0.2, 0) is 0 Å². The maximum Gasteiger partial charge on any atom is 0.147 e. The van der Waals surface area contributed by atoms with Gasteiger partial charge in [-0.05, 0) is 31.5 Å². The topological polar surface area (TPSA) is 27.8 Å². The highest BCUT2D eigenvalue weighted by Crippen LogP contribution is 2.27. The van der Waals surface area contributed by atoms with Gasteiger partial charge in [-0.2, -0.15) is 0 Å². The van der Waals surface area contributed by atoms with Gasteiger partial charge < -0.3 is 10.3 Å². The van der Waals surface area contributed by atoms with Crippen molar-refractivity contribution in [3.8, 4) is 0 Å². The highest BCUT2D eigenvalue weighted by Gasteiger charge is 2.17. The van der Waals surface area contributed by atoms with Crippen molar-refractivity contribution < 1.29 is 4.39 Å². The molecule has 1 fully saturated rings. The second kappa shape index (κ2) is 3.91. The molecule has 0 spiro atoms. The van der Waals surface area contributed by atoms with Gasteiger partial charge >= 0.3 is 0 Å². The van der Waals surface area contributed by atoms with E-state index in [4.69, 9.17) is 0 Å². The zero-order valence-corrected chi connectivity index (χ0v) is 9.09. The van der Waals surface area contributed by atoms with E-state index in [9.17, 15) is 4.39 Å². The molecular formula is C13H15FN2. The Kier molecular flexibility index (Phi) is 2.40. The number of fused-ring (bicyclic) bond motifs is 1. The van der Waals surface area contributed by atoms with Gasteiger partial charge in [0.25, 0.3) is 0 Å². The van der Waals surface area contributed by atoms with Gasteiger partial charge in [-0.15, -0.1) is 0 Å². The summed E-state index contributed by atoms with van der Waals surface area (Å²) < 4.78 is 13.5. The first-order valence-electron chi connectivity index (χ1n) is 5.82. The first-order chi connectivity index (χ1) is 7.84. The molecule has 1 saturated heterocycles. The van der Waals surface area contributed by atoms with Gasteiger partial charge in [-0.3, -0.25) is 0 Å². The summed E-state index contributed by atoms with van der Waals surface area (Å²) in [4.78, 5) is 3.22. The Hall–Kier alpha value is -1.35. The summed E-state index contributed by atoms with van der Waals surface area (Å²) in [5, 5.41) is 4.35. The van der Waals surface area contributed by atoms with E-state index in [1.165, 1.54) is 18.9 Å². The van der Waals surface area contributed by atoms with Gasteiger partial charge in [0.05, 0.1) is 5.52 Å². The summed E-state index contributed by atoms with van der Waals surface area (Å²) >= 11 is 0. The molecule has 2 heterocycles. The quantitative estimate of drug-likeness (QED) is 0.756. The predicted octanol–water partition coefficient (Wildman–Crippen LogP) is 2.77. The molecule has 0 aliphatic carbocycles. The molecule has 2 nitrogen and oxygen atoms in total. The maximum absolute atomic E-state index is 13.5. The van der Waals surface area contributed by atoms with Crippen molar-refractivity contribution in [2.75, 3.05) is 13.1 Å². The second-order valence-corrected chi connectivity index (χ2v) is 4.47. The lowest BCUT2D eigenvalue weighted by molar-refractivity contribution is 0.456. The number of benzene rings is 1. The molecule has 2 aromatic rings. The molecule has 0 saturated carbocycles. The lowest BCUT2D eigenvalue weighted by Crippen LogP contribution is -2.28. The lowest BCUT2D eigenvalue weighted by Gasteiger charge is -2.21. The summed E-state index contributed by atoms with van der Waals surface area (Å²) in [5.41, 5.74) is 1.80. The molecule has 1 aromatic heterocycles. The van der Waals surface area contributed by atoms with Crippen LogP contribution in [0.5, 0.6) is 0 Å². The Morgan fingerprint density at radius 3 is 3.00 bits per heavy atom. The summed E-state index contributed by atoms with van der Waals surface area (Å²) in [5.74, 6) is 0.341. The summed E-state index contributed by atoms with van der Waals surface area (Å²) in [7, 11) is 0. The number of aromatic nitrogens is 1. The van der Waals surface area contributed by atoms with Gasteiger partial charge in [0, 0.05) is 23.5 Å². The number of aromatic amines is 1. The van der Waals surface area contributed by atoms with Crippen molar-refractivity contribution in [1.82, 2.24) is 10.3 Å². The third kappa shape index (κ3) is 1.61. The van der Waals surface area contributed by atoms with Crippen LogP contribution >= 0.6 is 0 Å². The minimum absolute atomic E-state index is 0.160. The molecule has 84 valence electrons. The van der Waals surface area contributed by atoms with Gasteiger partial charge in [-0.25, -0.2) is 4.39 Å². The van der Waals surface area contributed by atoms with E-state index in [2.05, 4.69) is 16.4 Å². The zero-order chi connectivity index (χ0) is 11.0. The number of para-hydroxylation sites is 1. The summed E-state index contributed by atoms with van der Waals surface area (Å²) in [6.07, 6.45) is 2.38. The van der Waals surface area contributed by atoms with Crippen molar-refractivity contribution >= 4 is 10.9 Å². The highest BCUT2D eigenvalue weighted by molar-refractivity contribution is 5.81. The molecule has 1 aliphatic heterocycles. The first kappa shape index (κ1) is 9.85. The first-order valence-corrected chi connectivity index (χ1v) is 5.82. The fourth-order valence-electron chi connectivity index (χ4n) is 2.48. The van der Waals surface area contributed by atoms with E-state index >= 15 is 0 Å². The Morgan fingerprint density at radius 2 is 2.25 bits per heavy atom. The van der Waals surface area contributed by atoms with Crippen LogP contribution in [-0.4, -0.2) is 18.1 Å². The lowest BCUT2D eigenvalue weighted by atomic mass is 9.96. The van der Waals surface area contributed by atoms with Crippen LogP contribution in [0.1, 0.15) is 24.5 Å². The number of nitrogens with one attached hydrogen (secondary N) is 2. The molecule has 3 heteroatoms. The van der Waals surface area contributed by atoms with Crippen molar-refractivity contribution in [3.05, 3.63) is 35.8 Å². The smallest absolute Gasteiger partial charge is 0.147 e. The van der Waals surface area contributed by atoms with E-state index in [1.807, 2.05) is 6.07 Å². The fourth-order valence-corrected chi connectivity index (χ4v) is 2.48. The summed E-state index contributed by atoms with van der Waals surface area (Å²) in [6, 6.07) is 7.29. The number of hydrogen-bond acceptors (Lipinski definition) is 1. The number of halogens is 1. The third-order valence-corrected chi connectivity index (χ3v) is 3.36. The van der Waals surface area contributed by atoms with Crippen LogP contribution in [0.4, 0.5) is 4.39 Å². The van der Waals surface area contributed by atoms with Gasteiger partial charge in [0.2, 0.25) is 0 Å². The van der Waals surface area contributed by atoms with Crippen LogP contribution in [0.15, 0.2) is 24.3 Å². The predicted molar refractivity (Wildman–Crippen MR) is 63.1 cm³/mol. The standard InChI is InChI=1S/C13H15FN2/c14-11-5-1-3-9-7-12(16-13(9)11)10-4-2-6-15-8-10/h1,3,5,7,10,15-16H,2,4,6,8H2/t10-/m0/s1. The van der Waals surface area contributed by atoms with Crippen LogP contribution in [0.25, 0.3) is 10.9 Å². The minimum atomic E-state index is -0.160. The molecule has 3 rings (SSSR count). The molecular weight excluding hydrogens is 203 g/mol. The highest BCUT2D eigenvalue weighted by atomic mass is 19.1. The van der Waals surface area contributed by atoms with E-state index in [1.54, 1.807) is 6.07 Å². The number of H-pyrrole nitrogens is 1. The third-order valence-electron chi connectivity index (χ3n) is 3.36. The SMILES string of the molecule is Fc1cccc2cc([C@H]3CCCNC3)[nH]c12. The fraction of sp³-hybridized carbons (Fsp3) is 0.385. The van der Waals surface area contributed by atoms with E-state index < -0.39 is 0 Å². The van der Waals surface area contributed by atoms with E-state index in [0.29, 0.717) is 11.4 Å². The van der Waals surface area contributed by atoms with Crippen molar-refractivity contribution in [2.24, 2.45) is 0 Å². The minimum Gasteiger partial charge on any atom is -0.356 e. The van der Waals surface area contributed by atoms with Gasteiger partial charge in [0.15, 0.2) is 0 Å². The van der Waals surface area contributed by atoms with Crippen molar-refractivity contribution in [1.29, 1.82) is 0 Å². The monoisotopic (exact) mass is 218 g/mol. The van der Waals surface area contributed by atoms with Crippen LogP contribution in [0.2, 0.25) is 0 Å². The molecule has 0 bridgehead atoms. The molecule has 1 aliphatic rings. The number of rotatable bonds is 1. The second-order valence-electron chi connectivity index (χ2n) is 4.47. The summed E-state index contributed by atoms with van der Waals surface area (Å²) in [6.45, 7) is 2.10. The molecule has 0 radical (unpaired) electrons. The maximum atomic E-state index is 13.5. The Labute approximate surface area is 93.9 Å². The number of piperidine rings is 1. The molecule has 1 aromatic carbocycles. The molecule has 16 heavy (non-hydrogen) atoms. The molecule has 0 amide bonds. The van der Waals surface area contributed by atoms with Crippen LogP contribution in [0.3, 0.4) is 0 Å². The number of hydrogen-bond donors (Lipinski definition) is 2. The molecule has 1 atom stereocenters. The average molecular weight is 218 g/mol. The van der Waals surface area contributed by atoms with Crippen molar-refractivity contribution in [3.63, 3.8) is 0 Å². The van der Waals surface area contributed by atoms with Crippen LogP contribution in [0, 0.1) is 5.82 Å². The van der Waals surface area contributed by atoms with Crippen LogP contribution < -0.4 is 5.32 Å². The Bertz CT molecular complexity index is 498. The zero-order valence-electron chi connectivity index (χ0n) is 9.09. The molecule has 2 N–H and O–H groups in total. The average Bonchev–Trinajstić information content (AvgIpc) is 2.76. The van der Waals surface area contributed by atoms with E-state index in [-0.39, 0.29) is 5.82 Å². The largest absolute Gasteiger partial charge is 0.356 e. The van der Waals surface area contributed by atoms with Crippen molar-refractivity contribution in [2.45, 2.75) is 18.8 Å². The Balaban J connectivity index is 2.01. The Morgan fingerprint density at radius 1 is 1.31 bits per heavy atom. The molecule has 0 unspecified atom stereocenters. The van der Waals surface area contributed by atoms with E-state index in [0.717, 1.165) is 24.2 Å². The van der Waals surface area contributed by atoms with Gasteiger partial charge in [-0.1, -0.05) is 12.1 Å².